The molecule has 0 aromatic heterocycles. The van der Waals surface area contributed by atoms with Gasteiger partial charge in [-0.3, -0.25) is 9.69 Å². The van der Waals surface area contributed by atoms with Crippen molar-refractivity contribution in [2.24, 2.45) is 0 Å². The van der Waals surface area contributed by atoms with Gasteiger partial charge in [-0.25, -0.2) is 0 Å². The Hall–Kier alpha value is -1.59. The minimum Gasteiger partial charge on any atom is -0.497 e. The number of nitrogens with one attached hydrogen (secondary N) is 1. The molecule has 0 saturated carbocycles. The zero-order valence-electron chi connectivity index (χ0n) is 15.5. The van der Waals surface area contributed by atoms with Gasteiger partial charge in [0.1, 0.15) is 5.75 Å². The van der Waals surface area contributed by atoms with Crippen molar-refractivity contribution in [3.05, 3.63) is 24.3 Å². The van der Waals surface area contributed by atoms with Crippen molar-refractivity contribution in [1.82, 2.24) is 9.80 Å². The average molecular weight is 345 g/mol. The first-order chi connectivity index (χ1) is 12.2. The van der Waals surface area contributed by atoms with Gasteiger partial charge in [0.15, 0.2) is 0 Å². The summed E-state index contributed by atoms with van der Waals surface area (Å²) in [5.41, 5.74) is 0.820. The first-order valence-electron chi connectivity index (χ1n) is 9.60. The Bertz CT molecular complexity index is 547. The van der Waals surface area contributed by atoms with Crippen LogP contribution in [0.25, 0.3) is 0 Å². The van der Waals surface area contributed by atoms with Crippen molar-refractivity contribution in [2.75, 3.05) is 38.6 Å². The normalized spacial score (nSPS) is 21.7. The SMILES string of the molecule is COc1ccc(NC(=O)[C@H](C)N2CCC(N3CCCCC3)CC2)cc1. The molecule has 2 aliphatic rings. The molecule has 0 spiro atoms. The maximum atomic E-state index is 12.6. The molecule has 2 aliphatic heterocycles. The summed E-state index contributed by atoms with van der Waals surface area (Å²) in [6.07, 6.45) is 6.44. The highest BCUT2D eigenvalue weighted by Gasteiger charge is 2.29. The van der Waals surface area contributed by atoms with Crippen LogP contribution >= 0.6 is 0 Å². The first kappa shape index (κ1) is 18.2. The second kappa shape index (κ2) is 8.68. The fourth-order valence-electron chi connectivity index (χ4n) is 4.01. The lowest BCUT2D eigenvalue weighted by Crippen LogP contribution is -2.51. The molecular weight excluding hydrogens is 314 g/mol. The van der Waals surface area contributed by atoms with E-state index in [1.165, 1.54) is 45.2 Å². The Morgan fingerprint density at radius 1 is 1.08 bits per heavy atom. The van der Waals surface area contributed by atoms with Crippen LogP contribution in [-0.2, 0) is 4.79 Å². The van der Waals surface area contributed by atoms with Crippen LogP contribution in [-0.4, -0.2) is 61.1 Å². The summed E-state index contributed by atoms with van der Waals surface area (Å²) in [5.74, 6) is 0.868. The van der Waals surface area contributed by atoms with Crippen molar-refractivity contribution >= 4 is 11.6 Å². The van der Waals surface area contributed by atoms with Gasteiger partial charge in [0.05, 0.1) is 13.2 Å². The number of anilines is 1. The van der Waals surface area contributed by atoms with Crippen LogP contribution in [0.1, 0.15) is 39.0 Å². The summed E-state index contributed by atoms with van der Waals surface area (Å²) in [7, 11) is 1.64. The average Bonchev–Trinajstić information content (AvgIpc) is 2.69. The second-order valence-electron chi connectivity index (χ2n) is 7.26. The summed E-state index contributed by atoms with van der Waals surface area (Å²) in [4.78, 5) is 17.5. The quantitative estimate of drug-likeness (QED) is 0.891. The zero-order chi connectivity index (χ0) is 17.6. The van der Waals surface area contributed by atoms with Crippen LogP contribution in [0, 0.1) is 0 Å². The molecular formula is C20H31N3O2. The lowest BCUT2D eigenvalue weighted by Gasteiger charge is -2.41. The van der Waals surface area contributed by atoms with Crippen LogP contribution in [0.15, 0.2) is 24.3 Å². The third-order valence-corrected chi connectivity index (χ3v) is 5.69. The van der Waals surface area contributed by atoms with Gasteiger partial charge < -0.3 is 15.0 Å². The number of methoxy groups -OCH3 is 1. The highest BCUT2D eigenvalue weighted by Crippen LogP contribution is 2.22. The summed E-state index contributed by atoms with van der Waals surface area (Å²) >= 11 is 0. The van der Waals surface area contributed by atoms with Gasteiger partial charge in [0.2, 0.25) is 5.91 Å². The number of carbonyl (C=O) groups excluding carboxylic acids is 1. The molecule has 3 rings (SSSR count). The second-order valence-corrected chi connectivity index (χ2v) is 7.26. The highest BCUT2D eigenvalue weighted by atomic mass is 16.5. The largest absolute Gasteiger partial charge is 0.497 e. The molecule has 0 unspecified atom stereocenters. The number of rotatable bonds is 5. The number of nitrogens with zero attached hydrogens (tertiary/aromatic N) is 2. The molecule has 5 nitrogen and oxygen atoms in total. The Morgan fingerprint density at radius 3 is 2.32 bits per heavy atom. The van der Waals surface area contributed by atoms with Crippen LogP contribution in [0.2, 0.25) is 0 Å². The Labute approximate surface area is 151 Å². The maximum absolute atomic E-state index is 12.6. The van der Waals surface area contributed by atoms with Gasteiger partial charge in [-0.1, -0.05) is 6.42 Å². The fraction of sp³-hybridized carbons (Fsp3) is 0.650. The molecule has 138 valence electrons. The molecule has 25 heavy (non-hydrogen) atoms. The number of benzene rings is 1. The van der Waals surface area contributed by atoms with Gasteiger partial charge in [-0.05, 0) is 70.0 Å². The van der Waals surface area contributed by atoms with Gasteiger partial charge >= 0.3 is 0 Å². The Balaban J connectivity index is 1.47. The van der Waals surface area contributed by atoms with Crippen LogP contribution in [0.5, 0.6) is 5.75 Å². The standard InChI is InChI=1S/C20H31N3O2/c1-16(20(24)21-17-6-8-19(25-2)9-7-17)22-14-10-18(11-15-22)23-12-4-3-5-13-23/h6-9,16,18H,3-5,10-15H2,1-2H3,(H,21,24)/t16-/m0/s1. The van der Waals surface area contributed by atoms with E-state index in [1.54, 1.807) is 7.11 Å². The van der Waals surface area contributed by atoms with E-state index in [-0.39, 0.29) is 11.9 Å². The summed E-state index contributed by atoms with van der Waals surface area (Å²) in [6, 6.07) is 8.12. The molecule has 5 heteroatoms. The van der Waals surface area contributed by atoms with E-state index in [2.05, 4.69) is 15.1 Å². The number of amides is 1. The lowest BCUT2D eigenvalue weighted by atomic mass is 9.99. The lowest BCUT2D eigenvalue weighted by molar-refractivity contribution is -0.121. The van der Waals surface area contributed by atoms with E-state index < -0.39 is 0 Å². The third-order valence-electron chi connectivity index (χ3n) is 5.69. The van der Waals surface area contributed by atoms with Crippen molar-refractivity contribution in [2.45, 2.75) is 51.1 Å². The highest BCUT2D eigenvalue weighted by molar-refractivity contribution is 5.94. The number of hydrogen-bond acceptors (Lipinski definition) is 4. The van der Waals surface area contributed by atoms with Gasteiger partial charge in [0, 0.05) is 24.8 Å². The van der Waals surface area contributed by atoms with Crippen LogP contribution in [0.3, 0.4) is 0 Å². The molecule has 2 saturated heterocycles. The number of likely N-dealkylation sites (tertiary alicyclic amines) is 2. The van der Waals surface area contributed by atoms with Gasteiger partial charge in [0.25, 0.3) is 0 Å². The predicted molar refractivity (Wildman–Crippen MR) is 101 cm³/mol. The summed E-state index contributed by atoms with van der Waals surface area (Å²) in [6.45, 7) is 6.56. The molecule has 1 aromatic carbocycles. The van der Waals surface area contributed by atoms with Crippen LogP contribution in [0.4, 0.5) is 5.69 Å². The number of piperidine rings is 2. The molecule has 1 N–H and O–H groups in total. The molecule has 2 fully saturated rings. The molecule has 2 heterocycles. The van der Waals surface area contributed by atoms with E-state index in [0.717, 1.165) is 24.5 Å². The van der Waals surface area contributed by atoms with Gasteiger partial charge in [-0.2, -0.15) is 0 Å². The maximum Gasteiger partial charge on any atom is 0.241 e. The first-order valence-corrected chi connectivity index (χ1v) is 9.60. The zero-order valence-corrected chi connectivity index (χ0v) is 15.5. The van der Waals surface area contributed by atoms with Crippen molar-refractivity contribution in [3.63, 3.8) is 0 Å². The molecule has 1 atom stereocenters. The number of ether oxygens (including phenoxy) is 1. The van der Waals surface area contributed by atoms with E-state index in [9.17, 15) is 4.79 Å². The molecule has 0 radical (unpaired) electrons. The monoisotopic (exact) mass is 345 g/mol. The summed E-state index contributed by atoms with van der Waals surface area (Å²) in [5, 5.41) is 3.02. The Kier molecular flexibility index (Phi) is 6.32. The van der Waals surface area contributed by atoms with E-state index in [0.29, 0.717) is 6.04 Å². The summed E-state index contributed by atoms with van der Waals surface area (Å²) < 4.78 is 5.15. The minimum absolute atomic E-state index is 0.0709. The number of hydrogen-bond donors (Lipinski definition) is 1. The van der Waals surface area contributed by atoms with E-state index in [4.69, 9.17) is 4.74 Å². The van der Waals surface area contributed by atoms with Crippen molar-refractivity contribution in [3.8, 4) is 5.75 Å². The third kappa shape index (κ3) is 4.73. The van der Waals surface area contributed by atoms with Crippen molar-refractivity contribution in [1.29, 1.82) is 0 Å². The molecule has 1 amide bonds. The van der Waals surface area contributed by atoms with Crippen LogP contribution < -0.4 is 10.1 Å². The van der Waals surface area contributed by atoms with E-state index in [1.807, 2.05) is 31.2 Å². The predicted octanol–water partition coefficient (Wildman–Crippen LogP) is 2.97. The van der Waals surface area contributed by atoms with Gasteiger partial charge in [-0.15, -0.1) is 0 Å². The topological polar surface area (TPSA) is 44.8 Å². The molecule has 1 aromatic rings. The van der Waals surface area contributed by atoms with E-state index >= 15 is 0 Å². The smallest absolute Gasteiger partial charge is 0.241 e. The Morgan fingerprint density at radius 2 is 1.72 bits per heavy atom. The minimum atomic E-state index is -0.0931. The fourth-order valence-corrected chi connectivity index (χ4v) is 4.01. The molecule has 0 bridgehead atoms. The van der Waals surface area contributed by atoms with Crippen molar-refractivity contribution < 1.29 is 9.53 Å². The molecule has 0 aliphatic carbocycles. The number of carbonyl (C=O) groups is 1.